The van der Waals surface area contributed by atoms with Crippen LogP contribution in [0.4, 0.5) is 0 Å². The van der Waals surface area contributed by atoms with Crippen molar-refractivity contribution >= 4 is 5.91 Å². The Hall–Kier alpha value is -1.35. The number of carbonyl (C=O) groups is 1. The van der Waals surface area contributed by atoms with Gasteiger partial charge in [0.05, 0.1) is 12.6 Å². The number of aliphatic hydroxyl groups is 1. The minimum absolute atomic E-state index is 0.186. The second-order valence-corrected chi connectivity index (χ2v) is 6.54. The Labute approximate surface area is 128 Å². The largest absolute Gasteiger partial charge is 0.387 e. The lowest BCUT2D eigenvalue weighted by Gasteiger charge is -2.25. The van der Waals surface area contributed by atoms with Crippen LogP contribution in [0.1, 0.15) is 50.3 Å². The maximum Gasteiger partial charge on any atom is 0.222 e. The van der Waals surface area contributed by atoms with Crippen molar-refractivity contribution in [2.75, 3.05) is 13.1 Å². The van der Waals surface area contributed by atoms with Crippen LogP contribution in [0.5, 0.6) is 0 Å². The van der Waals surface area contributed by atoms with Crippen molar-refractivity contribution in [2.24, 2.45) is 11.8 Å². The number of nitrogens with zero attached hydrogens (tertiary/aromatic N) is 1. The summed E-state index contributed by atoms with van der Waals surface area (Å²) in [5, 5.41) is 10.4. The number of carbonyl (C=O) groups excluding carboxylic acids is 1. The summed E-state index contributed by atoms with van der Waals surface area (Å²) >= 11 is 0. The molecular weight excluding hydrogens is 262 g/mol. The predicted molar refractivity (Wildman–Crippen MR) is 84.9 cm³/mol. The second kappa shape index (κ2) is 7.08. The van der Waals surface area contributed by atoms with E-state index < -0.39 is 6.10 Å². The number of β-amino-alcohol motifs (C(OH)–C–C–N with tert-alkyl or cyclic N) is 1. The van der Waals surface area contributed by atoms with Crippen LogP contribution < -0.4 is 0 Å². The fourth-order valence-corrected chi connectivity index (χ4v) is 3.19. The maximum absolute atomic E-state index is 12.2. The van der Waals surface area contributed by atoms with E-state index in [-0.39, 0.29) is 5.91 Å². The van der Waals surface area contributed by atoms with Crippen LogP contribution in [0, 0.1) is 18.8 Å². The zero-order valence-corrected chi connectivity index (χ0v) is 13.4. The zero-order valence-electron chi connectivity index (χ0n) is 13.4. The van der Waals surface area contributed by atoms with Crippen molar-refractivity contribution < 1.29 is 9.90 Å². The molecular formula is C18H27NO2. The molecule has 1 aliphatic rings. The molecule has 0 radical (unpaired) electrons. The fraction of sp³-hybridized carbons (Fsp3) is 0.611. The average Bonchev–Trinajstić information content (AvgIpc) is 2.62. The Kier molecular flexibility index (Phi) is 5.40. The van der Waals surface area contributed by atoms with Gasteiger partial charge in [-0.25, -0.2) is 0 Å². The van der Waals surface area contributed by atoms with Gasteiger partial charge in [-0.2, -0.15) is 0 Å². The third-order valence-electron chi connectivity index (χ3n) is 4.74. The van der Waals surface area contributed by atoms with Crippen molar-refractivity contribution in [3.63, 3.8) is 0 Å². The van der Waals surface area contributed by atoms with Crippen molar-refractivity contribution in [1.82, 2.24) is 4.90 Å². The molecule has 3 nitrogen and oxygen atoms in total. The van der Waals surface area contributed by atoms with Crippen LogP contribution in [0.3, 0.4) is 0 Å². The van der Waals surface area contributed by atoms with Gasteiger partial charge in [0.25, 0.3) is 0 Å². The third-order valence-corrected chi connectivity index (χ3v) is 4.74. The predicted octanol–water partition coefficient (Wildman–Crippen LogP) is 3.31. The van der Waals surface area contributed by atoms with E-state index in [1.165, 1.54) is 0 Å². The maximum atomic E-state index is 12.2. The minimum Gasteiger partial charge on any atom is -0.387 e. The minimum atomic E-state index is -0.592. The van der Waals surface area contributed by atoms with Crippen LogP contribution in [-0.4, -0.2) is 29.0 Å². The first-order valence-corrected chi connectivity index (χ1v) is 8.00. The first-order chi connectivity index (χ1) is 9.99. The van der Waals surface area contributed by atoms with E-state index >= 15 is 0 Å². The Morgan fingerprint density at radius 3 is 2.67 bits per heavy atom. The van der Waals surface area contributed by atoms with Crippen molar-refractivity contribution in [2.45, 2.75) is 46.1 Å². The normalized spacial score (nSPS) is 21.5. The highest BCUT2D eigenvalue weighted by atomic mass is 16.3. The molecule has 1 amide bonds. The molecule has 3 heteroatoms. The number of likely N-dealkylation sites (tertiary alicyclic amines) is 1. The smallest absolute Gasteiger partial charge is 0.222 e. The van der Waals surface area contributed by atoms with Gasteiger partial charge in [-0.3, -0.25) is 4.79 Å². The summed E-state index contributed by atoms with van der Waals surface area (Å²) in [6, 6.07) is 7.84. The molecule has 0 aromatic heterocycles. The molecule has 2 atom stereocenters. The lowest BCUT2D eigenvalue weighted by atomic mass is 9.89. The number of aliphatic hydroxyl groups excluding tert-OH is 1. The monoisotopic (exact) mass is 289 g/mol. The molecule has 0 spiro atoms. The summed E-state index contributed by atoms with van der Waals surface area (Å²) in [6.07, 6.45) is 2.05. The van der Waals surface area contributed by atoms with Crippen molar-refractivity contribution in [1.29, 1.82) is 0 Å². The van der Waals surface area contributed by atoms with E-state index in [2.05, 4.69) is 13.8 Å². The summed E-state index contributed by atoms with van der Waals surface area (Å²) in [5.74, 6) is 1.43. The van der Waals surface area contributed by atoms with E-state index in [4.69, 9.17) is 0 Å². The number of hydrogen-bond donors (Lipinski definition) is 1. The van der Waals surface area contributed by atoms with Crippen molar-refractivity contribution in [3.8, 4) is 0 Å². The number of amides is 1. The molecule has 0 bridgehead atoms. The fourth-order valence-electron chi connectivity index (χ4n) is 3.19. The summed E-state index contributed by atoms with van der Waals surface area (Å²) < 4.78 is 0. The number of aryl methyl sites for hydroxylation is 1. The molecule has 1 heterocycles. The molecule has 116 valence electrons. The van der Waals surface area contributed by atoms with Crippen LogP contribution in [-0.2, 0) is 4.79 Å². The molecule has 1 N–H and O–H groups in total. The number of hydrogen-bond acceptors (Lipinski definition) is 2. The van der Waals surface area contributed by atoms with E-state index in [0.717, 1.165) is 30.5 Å². The highest BCUT2D eigenvalue weighted by molar-refractivity contribution is 5.76. The first kappa shape index (κ1) is 16.0. The summed E-state index contributed by atoms with van der Waals surface area (Å²) in [7, 11) is 0. The van der Waals surface area contributed by atoms with E-state index in [1.54, 1.807) is 0 Å². The second-order valence-electron chi connectivity index (χ2n) is 6.54. The molecule has 0 saturated carbocycles. The van der Waals surface area contributed by atoms with Crippen LogP contribution in [0.15, 0.2) is 24.3 Å². The Morgan fingerprint density at radius 1 is 1.29 bits per heavy atom. The van der Waals surface area contributed by atoms with Crippen LogP contribution in [0.25, 0.3) is 0 Å². The number of rotatable bonds is 4. The molecule has 2 rings (SSSR count). The highest BCUT2D eigenvalue weighted by Gasteiger charge is 2.26. The first-order valence-electron chi connectivity index (χ1n) is 8.00. The van der Waals surface area contributed by atoms with Gasteiger partial charge in [0, 0.05) is 13.0 Å². The topological polar surface area (TPSA) is 40.5 Å². The third kappa shape index (κ3) is 4.07. The van der Waals surface area contributed by atoms with Crippen LogP contribution >= 0.6 is 0 Å². The molecule has 2 unspecified atom stereocenters. The molecule has 1 saturated heterocycles. The molecule has 0 aliphatic carbocycles. The molecule has 1 aromatic carbocycles. The summed E-state index contributed by atoms with van der Waals surface area (Å²) in [6.45, 7) is 7.64. The van der Waals surface area contributed by atoms with Gasteiger partial charge in [-0.1, -0.05) is 38.1 Å². The van der Waals surface area contributed by atoms with Crippen LogP contribution in [0.2, 0.25) is 0 Å². The highest BCUT2D eigenvalue weighted by Crippen LogP contribution is 2.26. The van der Waals surface area contributed by atoms with Gasteiger partial charge >= 0.3 is 0 Å². The van der Waals surface area contributed by atoms with E-state index in [9.17, 15) is 9.90 Å². The van der Waals surface area contributed by atoms with E-state index in [0.29, 0.717) is 24.8 Å². The SMILES string of the molecule is Cc1ccccc1C(O)CN1CCC(C(C)C)CCC1=O. The van der Waals surface area contributed by atoms with E-state index in [1.807, 2.05) is 36.1 Å². The van der Waals surface area contributed by atoms with Gasteiger partial charge < -0.3 is 10.0 Å². The summed E-state index contributed by atoms with van der Waals surface area (Å²) in [5.41, 5.74) is 2.00. The Morgan fingerprint density at radius 2 is 2.00 bits per heavy atom. The Bertz CT molecular complexity index is 484. The Balaban J connectivity index is 2.01. The average molecular weight is 289 g/mol. The lowest BCUT2D eigenvalue weighted by molar-refractivity contribution is -0.132. The molecule has 21 heavy (non-hydrogen) atoms. The molecule has 1 aliphatic heterocycles. The number of benzene rings is 1. The van der Waals surface area contributed by atoms with Gasteiger partial charge in [-0.05, 0) is 42.7 Å². The lowest BCUT2D eigenvalue weighted by Crippen LogP contribution is -2.34. The summed E-state index contributed by atoms with van der Waals surface area (Å²) in [4.78, 5) is 14.1. The zero-order chi connectivity index (χ0) is 15.4. The van der Waals surface area contributed by atoms with Crippen molar-refractivity contribution in [3.05, 3.63) is 35.4 Å². The van der Waals surface area contributed by atoms with Gasteiger partial charge in [0.2, 0.25) is 5.91 Å². The standard InChI is InChI=1S/C18H27NO2/c1-13(2)15-8-9-18(21)19(11-10-15)12-17(20)16-7-5-4-6-14(16)3/h4-7,13,15,17,20H,8-12H2,1-3H3. The quantitative estimate of drug-likeness (QED) is 0.923. The van der Waals surface area contributed by atoms with Gasteiger partial charge in [0.1, 0.15) is 0 Å². The van der Waals surface area contributed by atoms with Gasteiger partial charge in [-0.15, -0.1) is 0 Å². The molecule has 1 fully saturated rings. The van der Waals surface area contributed by atoms with Gasteiger partial charge in [0.15, 0.2) is 0 Å². The molecule has 1 aromatic rings.